The van der Waals surface area contributed by atoms with Gasteiger partial charge in [0.25, 0.3) is 0 Å². The van der Waals surface area contributed by atoms with Gasteiger partial charge in [-0.05, 0) is 60.9 Å². The molecule has 0 spiro atoms. The molecule has 0 aliphatic heterocycles. The predicted molar refractivity (Wildman–Crippen MR) is 144 cm³/mol. The molecule has 0 radical (unpaired) electrons. The minimum atomic E-state index is -1.05. The Bertz CT molecular complexity index is 1050. The highest BCUT2D eigenvalue weighted by Crippen LogP contribution is 2.37. The van der Waals surface area contributed by atoms with Crippen molar-refractivity contribution in [3.8, 4) is 0 Å². The number of amides is 1. The summed E-state index contributed by atoms with van der Waals surface area (Å²) in [5, 5.41) is 23.5. The van der Waals surface area contributed by atoms with Crippen molar-refractivity contribution >= 4 is 23.7 Å². The number of carbonyl (C=O) groups is 1. The molecule has 0 saturated heterocycles. The van der Waals surface area contributed by atoms with Gasteiger partial charge in [0.2, 0.25) is 6.41 Å². The number of carbonyl (C=O) groups excluding carboxylic acids is 1. The average Bonchev–Trinajstić information content (AvgIpc) is 2.90. The van der Waals surface area contributed by atoms with E-state index < -0.39 is 11.6 Å². The first-order valence-corrected chi connectivity index (χ1v) is 12.6. The van der Waals surface area contributed by atoms with E-state index in [0.717, 1.165) is 12.0 Å². The first-order chi connectivity index (χ1) is 16.8. The number of benzene rings is 3. The second kappa shape index (κ2) is 12.1. The molecule has 3 aromatic carbocycles. The second-order valence-electron chi connectivity index (χ2n) is 9.36. The van der Waals surface area contributed by atoms with E-state index >= 15 is 0 Å². The van der Waals surface area contributed by atoms with Gasteiger partial charge in [-0.15, -0.1) is 0 Å². The third kappa shape index (κ3) is 6.59. The molecule has 0 aliphatic rings. The Labute approximate surface area is 213 Å². The summed E-state index contributed by atoms with van der Waals surface area (Å²) in [5.41, 5.74) is 2.29. The van der Waals surface area contributed by atoms with Crippen molar-refractivity contribution in [3.05, 3.63) is 107 Å². The van der Waals surface area contributed by atoms with E-state index in [4.69, 9.17) is 17.0 Å². The molecule has 0 aliphatic carbocycles. The van der Waals surface area contributed by atoms with E-state index in [-0.39, 0.29) is 5.41 Å². The molecule has 0 aromatic heterocycles. The highest BCUT2D eigenvalue weighted by Gasteiger charge is 2.32. The maximum Gasteiger partial charge on any atom is 0.207 e. The number of halogens is 1. The highest BCUT2D eigenvalue weighted by molar-refractivity contribution is 6.30. The summed E-state index contributed by atoms with van der Waals surface area (Å²) in [6.45, 7) is 4.15. The second-order valence-corrected chi connectivity index (χ2v) is 9.79. The van der Waals surface area contributed by atoms with Crippen molar-refractivity contribution < 1.29 is 9.90 Å². The standard InChI is InChI=1S/C30H35ClN2O2/c1-3-30(35,25-14-16-26(31)17-15-25)21-18-27(32)28(33-22-34)19-20-29(2,23-10-6-4-7-11-23)24-12-8-5-9-13-24/h4-17,22,28,32,35H,3,18-21H2,1-2H3,(H,33,34). The van der Waals surface area contributed by atoms with Gasteiger partial charge in [0.15, 0.2) is 0 Å². The molecule has 35 heavy (non-hydrogen) atoms. The van der Waals surface area contributed by atoms with Crippen molar-refractivity contribution in [2.24, 2.45) is 0 Å². The molecule has 3 N–H and O–H groups in total. The van der Waals surface area contributed by atoms with E-state index in [0.29, 0.717) is 42.8 Å². The zero-order chi connectivity index (χ0) is 25.3. The SMILES string of the molecule is CCC(O)(CCC(=N)C(CCC(C)(c1ccccc1)c1ccccc1)NC=O)c1ccc(Cl)cc1. The summed E-state index contributed by atoms with van der Waals surface area (Å²) in [4.78, 5) is 11.4. The van der Waals surface area contributed by atoms with Crippen LogP contribution in [0, 0.1) is 5.41 Å². The van der Waals surface area contributed by atoms with E-state index in [2.05, 4.69) is 36.5 Å². The number of nitrogens with one attached hydrogen (secondary N) is 2. The van der Waals surface area contributed by atoms with Crippen molar-refractivity contribution in [3.63, 3.8) is 0 Å². The van der Waals surface area contributed by atoms with Crippen molar-refractivity contribution in [1.82, 2.24) is 5.32 Å². The fourth-order valence-electron chi connectivity index (χ4n) is 4.74. The maximum absolute atomic E-state index is 11.4. The largest absolute Gasteiger partial charge is 0.385 e. The average molecular weight is 491 g/mol. The van der Waals surface area contributed by atoms with Crippen LogP contribution in [0.5, 0.6) is 0 Å². The summed E-state index contributed by atoms with van der Waals surface area (Å²) >= 11 is 6.01. The Morgan fingerprint density at radius 3 is 1.97 bits per heavy atom. The summed E-state index contributed by atoms with van der Waals surface area (Å²) in [7, 11) is 0. The Morgan fingerprint density at radius 2 is 1.49 bits per heavy atom. The number of rotatable bonds is 13. The van der Waals surface area contributed by atoms with E-state index in [1.165, 1.54) is 11.1 Å². The lowest BCUT2D eigenvalue weighted by atomic mass is 9.72. The molecular weight excluding hydrogens is 456 g/mol. The lowest BCUT2D eigenvalue weighted by molar-refractivity contribution is -0.109. The van der Waals surface area contributed by atoms with Gasteiger partial charge in [-0.3, -0.25) is 4.79 Å². The van der Waals surface area contributed by atoms with Gasteiger partial charge in [-0.1, -0.05) is 98.2 Å². The lowest BCUT2D eigenvalue weighted by Crippen LogP contribution is -2.38. The molecule has 3 rings (SSSR count). The quantitative estimate of drug-likeness (QED) is 0.185. The van der Waals surface area contributed by atoms with Crippen LogP contribution in [-0.4, -0.2) is 23.3 Å². The van der Waals surface area contributed by atoms with Crippen LogP contribution in [0.3, 0.4) is 0 Å². The van der Waals surface area contributed by atoms with Crippen molar-refractivity contribution in [1.29, 1.82) is 5.41 Å². The molecule has 0 saturated carbocycles. The molecular formula is C30H35ClN2O2. The molecule has 0 fully saturated rings. The van der Waals surface area contributed by atoms with Gasteiger partial charge in [-0.2, -0.15) is 0 Å². The van der Waals surface area contributed by atoms with Crippen molar-refractivity contribution in [2.45, 2.75) is 63.0 Å². The van der Waals surface area contributed by atoms with Gasteiger partial charge in [0.05, 0.1) is 11.6 Å². The van der Waals surface area contributed by atoms with Gasteiger partial charge in [-0.25, -0.2) is 0 Å². The fraction of sp³-hybridized carbons (Fsp3) is 0.333. The molecule has 2 atom stereocenters. The topological polar surface area (TPSA) is 73.2 Å². The van der Waals surface area contributed by atoms with Crippen LogP contribution < -0.4 is 5.32 Å². The first-order valence-electron chi connectivity index (χ1n) is 12.2. The van der Waals surface area contributed by atoms with Crippen LogP contribution in [0.15, 0.2) is 84.9 Å². The molecule has 5 heteroatoms. The molecule has 4 nitrogen and oxygen atoms in total. The zero-order valence-corrected chi connectivity index (χ0v) is 21.3. The van der Waals surface area contributed by atoms with E-state index in [9.17, 15) is 9.90 Å². The molecule has 1 amide bonds. The summed E-state index contributed by atoms with van der Waals surface area (Å²) in [5.74, 6) is 0. The van der Waals surface area contributed by atoms with Crippen LogP contribution in [0.4, 0.5) is 0 Å². The monoisotopic (exact) mass is 490 g/mol. The van der Waals surface area contributed by atoms with Crippen LogP contribution in [-0.2, 0) is 15.8 Å². The van der Waals surface area contributed by atoms with E-state index in [1.807, 2.05) is 55.5 Å². The van der Waals surface area contributed by atoms with E-state index in [1.54, 1.807) is 12.1 Å². The maximum atomic E-state index is 11.4. The van der Waals surface area contributed by atoms with Crippen LogP contribution in [0.1, 0.15) is 62.6 Å². The number of hydrogen-bond acceptors (Lipinski definition) is 3. The van der Waals surface area contributed by atoms with Crippen LogP contribution >= 0.6 is 11.6 Å². The minimum Gasteiger partial charge on any atom is -0.385 e. The third-order valence-corrected chi connectivity index (χ3v) is 7.47. The molecule has 184 valence electrons. The molecule has 0 heterocycles. The smallest absolute Gasteiger partial charge is 0.207 e. The summed E-state index contributed by atoms with van der Waals surface area (Å²) in [6, 6.07) is 27.5. The highest BCUT2D eigenvalue weighted by atomic mass is 35.5. The zero-order valence-electron chi connectivity index (χ0n) is 20.5. The summed E-state index contributed by atoms with van der Waals surface area (Å²) < 4.78 is 0. The molecule has 3 aromatic rings. The van der Waals surface area contributed by atoms with Gasteiger partial charge >= 0.3 is 0 Å². The normalized spacial score (nSPS) is 14.1. The molecule has 2 unspecified atom stereocenters. The predicted octanol–water partition coefficient (Wildman–Crippen LogP) is 6.64. The van der Waals surface area contributed by atoms with Crippen LogP contribution in [0.2, 0.25) is 5.02 Å². The molecule has 0 bridgehead atoms. The number of hydrogen-bond donors (Lipinski definition) is 3. The minimum absolute atomic E-state index is 0.265. The van der Waals surface area contributed by atoms with Gasteiger partial charge in [0.1, 0.15) is 0 Å². The summed E-state index contributed by atoms with van der Waals surface area (Å²) in [6.07, 6.45) is 3.34. The third-order valence-electron chi connectivity index (χ3n) is 7.22. The van der Waals surface area contributed by atoms with Crippen molar-refractivity contribution in [2.75, 3.05) is 0 Å². The van der Waals surface area contributed by atoms with Crippen LogP contribution in [0.25, 0.3) is 0 Å². The Morgan fingerprint density at radius 1 is 0.943 bits per heavy atom. The van der Waals surface area contributed by atoms with Gasteiger partial charge < -0.3 is 15.8 Å². The Hall–Kier alpha value is -2.95. The number of aliphatic hydroxyl groups is 1. The Balaban J connectivity index is 1.75. The fourth-order valence-corrected chi connectivity index (χ4v) is 4.87. The van der Waals surface area contributed by atoms with Gasteiger partial charge in [0, 0.05) is 16.1 Å². The first kappa shape index (κ1) is 26.7. The lowest BCUT2D eigenvalue weighted by Gasteiger charge is -2.33. The Kier molecular flexibility index (Phi) is 9.25.